The number of rotatable bonds is 12. The van der Waals surface area contributed by atoms with Gasteiger partial charge in [0.25, 0.3) is 0 Å². The first-order chi connectivity index (χ1) is 22.9. The number of nitrogens with one attached hydrogen (secondary N) is 5. The summed E-state index contributed by atoms with van der Waals surface area (Å²) in [5, 5.41) is 15.8. The van der Waals surface area contributed by atoms with Gasteiger partial charge in [-0.05, 0) is 61.0 Å². The molecule has 47 heavy (non-hydrogen) atoms. The van der Waals surface area contributed by atoms with Crippen molar-refractivity contribution in [2.75, 3.05) is 6.54 Å². The van der Waals surface area contributed by atoms with Crippen molar-refractivity contribution in [2.24, 2.45) is 5.92 Å². The third-order valence-corrected chi connectivity index (χ3v) is 9.55. The Morgan fingerprint density at radius 3 is 2.06 bits per heavy atom. The molecule has 5 rings (SSSR count). The van der Waals surface area contributed by atoms with Crippen molar-refractivity contribution in [1.82, 2.24) is 31.4 Å². The fourth-order valence-electron chi connectivity index (χ4n) is 6.68. The zero-order valence-corrected chi connectivity index (χ0v) is 27.5. The van der Waals surface area contributed by atoms with Gasteiger partial charge in [0.05, 0.1) is 12.1 Å². The molecule has 244 valence electrons. The summed E-state index contributed by atoms with van der Waals surface area (Å²) in [6, 6.07) is 27.0. The van der Waals surface area contributed by atoms with Crippen molar-refractivity contribution in [3.8, 4) is 0 Å². The first kappa shape index (κ1) is 34.1. The lowest BCUT2D eigenvalue weighted by atomic mass is 9.92. The minimum Gasteiger partial charge on any atom is -0.362 e. The van der Waals surface area contributed by atoms with Gasteiger partial charge < -0.3 is 31.4 Å². The van der Waals surface area contributed by atoms with E-state index in [1.807, 2.05) is 97.9 Å². The van der Waals surface area contributed by atoms with E-state index in [1.165, 1.54) is 0 Å². The molecule has 2 heterocycles. The Kier molecular flexibility index (Phi) is 12.0. The van der Waals surface area contributed by atoms with E-state index in [1.54, 1.807) is 4.90 Å². The maximum absolute atomic E-state index is 14.5. The van der Waals surface area contributed by atoms with Gasteiger partial charge in [0.15, 0.2) is 13.1 Å². The largest absolute Gasteiger partial charge is 0.362 e. The second kappa shape index (κ2) is 16.6. The van der Waals surface area contributed by atoms with E-state index < -0.39 is 18.1 Å². The SMILES string of the molecule is [B]N[C@@H](CC)C(=O)N[C@@H]1C(=O)N2[C@@H](CC[C@@H]1CNC(=S)NCc1ccccc1)CC[C@H]2C(=O)NC(c1ccccc1)c1ccccc1. The quantitative estimate of drug-likeness (QED) is 0.151. The topological polar surface area (TPSA) is 115 Å². The monoisotopic (exact) mass is 650 g/mol. The Labute approximate surface area is 284 Å². The van der Waals surface area contributed by atoms with Gasteiger partial charge >= 0.3 is 0 Å². The first-order valence-electron chi connectivity index (χ1n) is 16.4. The number of fused-ring (bicyclic) bond motifs is 1. The fourth-order valence-corrected chi connectivity index (χ4v) is 6.83. The van der Waals surface area contributed by atoms with E-state index >= 15 is 0 Å². The van der Waals surface area contributed by atoms with Gasteiger partial charge in [0.2, 0.25) is 17.7 Å². The van der Waals surface area contributed by atoms with Crippen LogP contribution in [0.2, 0.25) is 0 Å². The highest BCUT2D eigenvalue weighted by molar-refractivity contribution is 7.80. The molecule has 2 aliphatic heterocycles. The molecular formula is C36H43BN6O3S. The van der Waals surface area contributed by atoms with Gasteiger partial charge in [0.1, 0.15) is 12.1 Å². The molecule has 2 fully saturated rings. The van der Waals surface area contributed by atoms with Crippen LogP contribution in [0.25, 0.3) is 0 Å². The summed E-state index contributed by atoms with van der Waals surface area (Å²) in [6.07, 6.45) is 3.11. The van der Waals surface area contributed by atoms with Crippen LogP contribution in [0.5, 0.6) is 0 Å². The van der Waals surface area contributed by atoms with Crippen LogP contribution < -0.4 is 26.5 Å². The Hall–Kier alpha value is -4.22. The first-order valence-corrected chi connectivity index (χ1v) is 16.8. The highest BCUT2D eigenvalue weighted by Gasteiger charge is 2.48. The molecule has 2 aliphatic rings. The molecule has 11 heteroatoms. The lowest BCUT2D eigenvalue weighted by Crippen LogP contribution is -2.59. The number of thiocarbonyl (C=S) groups is 1. The average Bonchev–Trinajstić information content (AvgIpc) is 3.49. The van der Waals surface area contributed by atoms with E-state index in [2.05, 4.69) is 26.5 Å². The van der Waals surface area contributed by atoms with E-state index in [4.69, 9.17) is 20.2 Å². The highest BCUT2D eigenvalue weighted by atomic mass is 32.1. The zero-order valence-electron chi connectivity index (χ0n) is 26.7. The molecule has 0 aromatic heterocycles. The molecule has 0 unspecified atom stereocenters. The average molecular weight is 651 g/mol. The Morgan fingerprint density at radius 2 is 1.47 bits per heavy atom. The number of nitrogens with zero attached hydrogens (tertiary/aromatic N) is 1. The molecule has 9 nitrogen and oxygen atoms in total. The molecule has 0 spiro atoms. The van der Waals surface area contributed by atoms with Crippen LogP contribution in [-0.2, 0) is 20.9 Å². The van der Waals surface area contributed by atoms with Crippen molar-refractivity contribution in [1.29, 1.82) is 0 Å². The van der Waals surface area contributed by atoms with E-state index in [-0.39, 0.29) is 35.7 Å². The molecule has 3 amide bonds. The van der Waals surface area contributed by atoms with Crippen molar-refractivity contribution >= 4 is 43.0 Å². The fraction of sp³-hybridized carbons (Fsp3) is 0.389. The van der Waals surface area contributed by atoms with Crippen molar-refractivity contribution in [3.05, 3.63) is 108 Å². The van der Waals surface area contributed by atoms with Gasteiger partial charge in [-0.15, -0.1) is 0 Å². The maximum Gasteiger partial charge on any atom is 0.246 e. The molecule has 0 bridgehead atoms. The van der Waals surface area contributed by atoms with Gasteiger partial charge in [-0.3, -0.25) is 14.4 Å². The summed E-state index contributed by atoms with van der Waals surface area (Å²) in [5.41, 5.74) is 3.01. The molecule has 2 saturated heterocycles. The summed E-state index contributed by atoms with van der Waals surface area (Å²) in [5.74, 6) is -1.07. The van der Waals surface area contributed by atoms with Gasteiger partial charge in [0, 0.05) is 25.0 Å². The summed E-state index contributed by atoms with van der Waals surface area (Å²) >= 11 is 5.56. The number of hydrogen-bond acceptors (Lipinski definition) is 5. The van der Waals surface area contributed by atoms with Gasteiger partial charge in [-0.2, -0.15) is 0 Å². The van der Waals surface area contributed by atoms with Crippen LogP contribution in [0.4, 0.5) is 0 Å². The standard InChI is InChI=1S/C36H43BN6O3S/c1-2-29(42-37)33(44)41-32-27(23-39-36(47)38-22-24-12-6-3-7-13-24)18-19-28-20-21-30(43(28)35(32)46)34(45)40-31(25-14-8-4-9-15-25)26-16-10-5-11-17-26/h3-17,27-32,42H,2,18-23H2,1H3,(H,40,45)(H,41,44)(H2,38,39,47)/t27-,28+,29+,30+,32+/m1/s1. The van der Waals surface area contributed by atoms with Crippen LogP contribution in [0.1, 0.15) is 61.8 Å². The number of hydrogen-bond donors (Lipinski definition) is 5. The Bertz CT molecular complexity index is 1450. The van der Waals surface area contributed by atoms with Crippen molar-refractivity contribution in [2.45, 2.75) is 75.8 Å². The Balaban J connectivity index is 1.33. The molecular weight excluding hydrogens is 607 g/mol. The van der Waals surface area contributed by atoms with Crippen LogP contribution in [0, 0.1) is 5.92 Å². The zero-order chi connectivity index (χ0) is 33.2. The molecule has 0 aliphatic carbocycles. The van der Waals surface area contributed by atoms with E-state index in [0.717, 1.165) is 16.7 Å². The molecule has 0 saturated carbocycles. The predicted octanol–water partition coefficient (Wildman–Crippen LogP) is 3.26. The van der Waals surface area contributed by atoms with Crippen LogP contribution in [0.3, 0.4) is 0 Å². The smallest absolute Gasteiger partial charge is 0.246 e. The molecule has 3 aromatic carbocycles. The number of amides is 3. The molecule has 3 aromatic rings. The Morgan fingerprint density at radius 1 is 0.872 bits per heavy atom. The second-order valence-corrected chi connectivity index (χ2v) is 12.7. The normalized spacial score (nSPS) is 21.3. The molecule has 5 atom stereocenters. The van der Waals surface area contributed by atoms with Gasteiger partial charge in [-0.1, -0.05) is 97.9 Å². The second-order valence-electron chi connectivity index (χ2n) is 12.3. The van der Waals surface area contributed by atoms with Crippen LogP contribution >= 0.6 is 12.2 Å². The van der Waals surface area contributed by atoms with Crippen LogP contribution in [-0.4, -0.2) is 66.4 Å². The minimum absolute atomic E-state index is 0.104. The summed E-state index contributed by atoms with van der Waals surface area (Å²) < 4.78 is 0. The predicted molar refractivity (Wildman–Crippen MR) is 188 cm³/mol. The lowest BCUT2D eigenvalue weighted by molar-refractivity contribution is -0.143. The summed E-state index contributed by atoms with van der Waals surface area (Å²) in [7, 11) is 5.66. The number of benzene rings is 3. The van der Waals surface area contributed by atoms with E-state index in [9.17, 15) is 14.4 Å². The summed E-state index contributed by atoms with van der Waals surface area (Å²) in [4.78, 5) is 43.6. The third kappa shape index (κ3) is 8.58. The molecule has 2 radical (unpaired) electrons. The third-order valence-electron chi connectivity index (χ3n) is 9.26. The van der Waals surface area contributed by atoms with Crippen molar-refractivity contribution < 1.29 is 14.4 Å². The maximum atomic E-state index is 14.5. The minimum atomic E-state index is -0.855. The van der Waals surface area contributed by atoms with Crippen LogP contribution in [0.15, 0.2) is 91.0 Å². The number of carbonyl (C=O) groups excluding carboxylic acids is 3. The molecule has 5 N–H and O–H groups in total. The highest BCUT2D eigenvalue weighted by Crippen LogP contribution is 2.35. The van der Waals surface area contributed by atoms with Gasteiger partial charge in [-0.25, -0.2) is 0 Å². The summed E-state index contributed by atoms with van der Waals surface area (Å²) in [6.45, 7) is 2.80. The number of carbonyl (C=O) groups is 3. The lowest BCUT2D eigenvalue weighted by Gasteiger charge is -2.33. The van der Waals surface area contributed by atoms with E-state index in [0.29, 0.717) is 50.3 Å². The van der Waals surface area contributed by atoms with Crippen molar-refractivity contribution in [3.63, 3.8) is 0 Å².